The molecule has 0 atom stereocenters. The number of nitrogens with zero attached hydrogens (tertiary/aromatic N) is 1. The number of anilines is 1. The van der Waals surface area contributed by atoms with Crippen LogP contribution in [-0.2, 0) is 16.0 Å². The monoisotopic (exact) mass is 472 g/mol. The molecule has 0 spiro atoms. The first-order chi connectivity index (χ1) is 14.4. The summed E-state index contributed by atoms with van der Waals surface area (Å²) in [6, 6.07) is 9.69. The van der Waals surface area contributed by atoms with Crippen LogP contribution in [0.15, 0.2) is 46.4 Å². The van der Waals surface area contributed by atoms with Crippen LogP contribution < -0.4 is 19.7 Å². The molecule has 1 aliphatic heterocycles. The summed E-state index contributed by atoms with van der Waals surface area (Å²) in [5.74, 6) is -0.464. The number of imide groups is 2. The number of carbonyl (C=O) groups is 3. The third-order valence-electron chi connectivity index (χ3n) is 4.57. The molecule has 8 heteroatoms. The summed E-state index contributed by atoms with van der Waals surface area (Å²) in [6.45, 7) is 4.23. The zero-order chi connectivity index (χ0) is 21.8. The van der Waals surface area contributed by atoms with Crippen LogP contribution in [0.5, 0.6) is 11.5 Å². The van der Waals surface area contributed by atoms with Crippen LogP contribution in [-0.4, -0.2) is 31.6 Å². The van der Waals surface area contributed by atoms with Crippen molar-refractivity contribution in [2.45, 2.75) is 20.3 Å². The van der Waals surface area contributed by atoms with Crippen molar-refractivity contribution in [1.82, 2.24) is 5.32 Å². The minimum absolute atomic E-state index is 0.154. The average molecular weight is 473 g/mol. The molecule has 0 unspecified atom stereocenters. The number of para-hydroxylation sites is 1. The van der Waals surface area contributed by atoms with Crippen LogP contribution in [0.2, 0.25) is 0 Å². The van der Waals surface area contributed by atoms with E-state index in [0.717, 1.165) is 10.5 Å². The van der Waals surface area contributed by atoms with Crippen molar-refractivity contribution in [2.24, 2.45) is 0 Å². The Bertz CT molecular complexity index is 1050. The summed E-state index contributed by atoms with van der Waals surface area (Å²) >= 11 is 3.43. The molecule has 7 nitrogen and oxygen atoms in total. The molecule has 2 aromatic rings. The van der Waals surface area contributed by atoms with Gasteiger partial charge in [-0.3, -0.25) is 14.9 Å². The van der Waals surface area contributed by atoms with Gasteiger partial charge in [0.2, 0.25) is 0 Å². The van der Waals surface area contributed by atoms with E-state index in [2.05, 4.69) is 21.2 Å². The maximum atomic E-state index is 13.1. The molecule has 1 saturated heterocycles. The van der Waals surface area contributed by atoms with Crippen molar-refractivity contribution < 1.29 is 23.9 Å². The minimum Gasteiger partial charge on any atom is -0.493 e. The van der Waals surface area contributed by atoms with E-state index in [0.29, 0.717) is 40.3 Å². The number of carbonyl (C=O) groups excluding carboxylic acids is 3. The third-order valence-corrected chi connectivity index (χ3v) is 5.16. The molecule has 0 saturated carbocycles. The zero-order valence-electron chi connectivity index (χ0n) is 16.8. The quantitative estimate of drug-likeness (QED) is 0.505. The van der Waals surface area contributed by atoms with Gasteiger partial charge < -0.3 is 9.47 Å². The van der Waals surface area contributed by atoms with Crippen LogP contribution in [0.3, 0.4) is 0 Å². The molecule has 0 aliphatic carbocycles. The molecule has 1 fully saturated rings. The second-order valence-electron chi connectivity index (χ2n) is 6.41. The molecule has 0 aromatic heterocycles. The van der Waals surface area contributed by atoms with E-state index < -0.39 is 17.8 Å². The summed E-state index contributed by atoms with van der Waals surface area (Å²) < 4.78 is 11.5. The number of halogens is 1. The van der Waals surface area contributed by atoms with Crippen molar-refractivity contribution in [3.63, 3.8) is 0 Å². The van der Waals surface area contributed by atoms with Crippen LogP contribution >= 0.6 is 15.9 Å². The molecule has 2 aromatic carbocycles. The van der Waals surface area contributed by atoms with Gasteiger partial charge in [-0.25, -0.2) is 9.69 Å². The highest BCUT2D eigenvalue weighted by molar-refractivity contribution is 9.10. The Morgan fingerprint density at radius 3 is 2.53 bits per heavy atom. The van der Waals surface area contributed by atoms with Crippen LogP contribution in [0.4, 0.5) is 10.5 Å². The average Bonchev–Trinajstić information content (AvgIpc) is 2.73. The van der Waals surface area contributed by atoms with E-state index in [-0.39, 0.29) is 5.57 Å². The molecule has 0 radical (unpaired) electrons. The Balaban J connectivity index is 2.06. The lowest BCUT2D eigenvalue weighted by molar-refractivity contribution is -0.122. The van der Waals surface area contributed by atoms with Gasteiger partial charge in [0.15, 0.2) is 11.5 Å². The second kappa shape index (κ2) is 9.13. The van der Waals surface area contributed by atoms with Crippen molar-refractivity contribution in [2.75, 3.05) is 18.6 Å². The Labute approximate surface area is 182 Å². The Hall–Kier alpha value is -3.13. The first kappa shape index (κ1) is 21.6. The van der Waals surface area contributed by atoms with E-state index in [1.807, 2.05) is 26.0 Å². The number of rotatable bonds is 6. The van der Waals surface area contributed by atoms with E-state index in [1.165, 1.54) is 13.2 Å². The van der Waals surface area contributed by atoms with Gasteiger partial charge in [0, 0.05) is 0 Å². The van der Waals surface area contributed by atoms with Gasteiger partial charge in [-0.05, 0) is 64.7 Å². The highest BCUT2D eigenvalue weighted by Crippen LogP contribution is 2.37. The maximum absolute atomic E-state index is 13.1. The lowest BCUT2D eigenvalue weighted by Gasteiger charge is -2.28. The summed E-state index contributed by atoms with van der Waals surface area (Å²) in [6.07, 6.45) is 2.05. The van der Waals surface area contributed by atoms with Crippen molar-refractivity contribution >= 4 is 45.5 Å². The van der Waals surface area contributed by atoms with Gasteiger partial charge in [0.1, 0.15) is 5.57 Å². The first-order valence-electron chi connectivity index (χ1n) is 9.40. The number of amides is 4. The van der Waals surface area contributed by atoms with Gasteiger partial charge in [-0.2, -0.15) is 0 Å². The topological polar surface area (TPSA) is 84.9 Å². The van der Waals surface area contributed by atoms with Crippen LogP contribution in [0, 0.1) is 0 Å². The van der Waals surface area contributed by atoms with E-state index in [1.54, 1.807) is 24.3 Å². The molecule has 156 valence electrons. The molecular formula is C22H21BrN2O5. The number of hydrogen-bond acceptors (Lipinski definition) is 5. The number of hydrogen-bond donors (Lipinski definition) is 1. The zero-order valence-corrected chi connectivity index (χ0v) is 18.4. The predicted molar refractivity (Wildman–Crippen MR) is 117 cm³/mol. The van der Waals surface area contributed by atoms with Crippen LogP contribution in [0.1, 0.15) is 25.0 Å². The number of ether oxygens (including phenoxy) is 2. The highest BCUT2D eigenvalue weighted by atomic mass is 79.9. The molecule has 4 amide bonds. The van der Waals surface area contributed by atoms with Gasteiger partial charge in [-0.1, -0.05) is 25.1 Å². The van der Waals surface area contributed by atoms with Gasteiger partial charge in [0.05, 0.1) is 23.9 Å². The van der Waals surface area contributed by atoms with E-state index >= 15 is 0 Å². The molecule has 3 rings (SSSR count). The van der Waals surface area contributed by atoms with Crippen molar-refractivity contribution in [3.8, 4) is 11.5 Å². The van der Waals surface area contributed by atoms with E-state index in [9.17, 15) is 14.4 Å². The maximum Gasteiger partial charge on any atom is 0.335 e. The molecular weight excluding hydrogens is 452 g/mol. The Kier molecular flexibility index (Phi) is 6.56. The first-order valence-corrected chi connectivity index (χ1v) is 10.2. The van der Waals surface area contributed by atoms with Gasteiger partial charge in [-0.15, -0.1) is 0 Å². The fourth-order valence-electron chi connectivity index (χ4n) is 3.18. The number of urea groups is 1. The summed E-state index contributed by atoms with van der Waals surface area (Å²) in [4.78, 5) is 39.0. The lowest BCUT2D eigenvalue weighted by atomic mass is 10.0. The highest BCUT2D eigenvalue weighted by Gasteiger charge is 2.37. The number of nitrogens with one attached hydrogen (secondary N) is 1. The van der Waals surface area contributed by atoms with Gasteiger partial charge in [0.25, 0.3) is 11.8 Å². The fourth-order valence-corrected chi connectivity index (χ4v) is 3.75. The Morgan fingerprint density at radius 1 is 1.13 bits per heavy atom. The van der Waals surface area contributed by atoms with Gasteiger partial charge >= 0.3 is 6.03 Å². The molecule has 1 aliphatic rings. The Morgan fingerprint density at radius 2 is 1.87 bits per heavy atom. The lowest BCUT2D eigenvalue weighted by Crippen LogP contribution is -2.54. The van der Waals surface area contributed by atoms with Crippen molar-refractivity contribution in [3.05, 3.63) is 57.6 Å². The van der Waals surface area contributed by atoms with E-state index in [4.69, 9.17) is 9.47 Å². The number of barbiturate groups is 1. The summed E-state index contributed by atoms with van der Waals surface area (Å²) in [7, 11) is 1.50. The standard InChI is InChI=1S/C22H21BrN2O5/c1-4-14-8-6-7-9-17(14)25-21(27)15(20(26)24-22(25)28)10-13-11-16(23)19(30-5-2)18(12-13)29-3/h6-12H,4-5H2,1-3H3,(H,24,26,28)/b15-10-. The molecule has 1 heterocycles. The second-order valence-corrected chi connectivity index (χ2v) is 7.26. The third kappa shape index (κ3) is 4.09. The predicted octanol–water partition coefficient (Wildman–Crippen LogP) is 4.09. The fraction of sp³-hybridized carbons (Fsp3) is 0.227. The molecule has 0 bridgehead atoms. The summed E-state index contributed by atoms with van der Waals surface area (Å²) in [5, 5.41) is 2.25. The molecule has 1 N–H and O–H groups in total. The number of aryl methyl sites for hydroxylation is 1. The summed E-state index contributed by atoms with van der Waals surface area (Å²) in [5.41, 5.74) is 1.66. The number of benzene rings is 2. The minimum atomic E-state index is -0.770. The normalized spacial score (nSPS) is 15.4. The smallest absolute Gasteiger partial charge is 0.335 e. The van der Waals surface area contributed by atoms with Crippen LogP contribution in [0.25, 0.3) is 6.08 Å². The number of methoxy groups -OCH3 is 1. The van der Waals surface area contributed by atoms with Crippen molar-refractivity contribution in [1.29, 1.82) is 0 Å². The SMILES string of the molecule is CCOc1c(Br)cc(/C=C2/C(=O)NC(=O)N(c3ccccc3CC)C2=O)cc1OC. The molecule has 30 heavy (non-hydrogen) atoms. The largest absolute Gasteiger partial charge is 0.493 e.